The fraction of sp³-hybridized carbons (Fsp3) is 0.600. The first kappa shape index (κ1) is 17.3. The van der Waals surface area contributed by atoms with E-state index in [2.05, 4.69) is 19.2 Å². The van der Waals surface area contributed by atoms with Crippen LogP contribution in [0.2, 0.25) is 0 Å². The second-order valence-corrected chi connectivity index (χ2v) is 7.74. The van der Waals surface area contributed by atoms with E-state index in [1.54, 1.807) is 12.1 Å². The first-order valence-electron chi connectivity index (χ1n) is 7.06. The summed E-state index contributed by atoms with van der Waals surface area (Å²) in [5.41, 5.74) is 0.685. The molecule has 0 spiro atoms. The van der Waals surface area contributed by atoms with Crippen molar-refractivity contribution in [3.63, 3.8) is 0 Å². The Morgan fingerprint density at radius 1 is 1.25 bits per heavy atom. The third kappa shape index (κ3) is 4.67. The highest BCUT2D eigenvalue weighted by Gasteiger charge is 2.20. The number of halogens is 1. The van der Waals surface area contributed by atoms with Gasteiger partial charge in [-0.05, 0) is 30.9 Å². The van der Waals surface area contributed by atoms with Gasteiger partial charge in [0.15, 0.2) is 9.84 Å². The molecule has 0 aliphatic rings. The number of sulfone groups is 1. The van der Waals surface area contributed by atoms with Crippen LogP contribution in [0, 0.1) is 5.92 Å². The summed E-state index contributed by atoms with van der Waals surface area (Å²) in [4.78, 5) is 0.391. The zero-order chi connectivity index (χ0) is 15.2. The lowest BCUT2D eigenvalue weighted by Crippen LogP contribution is -2.27. The highest BCUT2D eigenvalue weighted by atomic mass is 35.5. The van der Waals surface area contributed by atoms with Gasteiger partial charge in [0.25, 0.3) is 0 Å². The monoisotopic (exact) mass is 317 g/mol. The molecule has 0 aliphatic carbocycles. The molecule has 3 nitrogen and oxygen atoms in total. The van der Waals surface area contributed by atoms with E-state index in [-0.39, 0.29) is 11.8 Å². The molecular formula is C15H24ClNO2S. The van der Waals surface area contributed by atoms with Gasteiger partial charge in [-0.15, -0.1) is 11.6 Å². The van der Waals surface area contributed by atoms with Gasteiger partial charge in [-0.2, -0.15) is 0 Å². The third-order valence-corrected chi connectivity index (χ3v) is 5.45. The van der Waals surface area contributed by atoms with Crippen LogP contribution in [0.3, 0.4) is 0 Å². The van der Waals surface area contributed by atoms with E-state index in [0.717, 1.165) is 6.42 Å². The number of alkyl halides is 1. The Morgan fingerprint density at radius 2 is 1.90 bits per heavy atom. The largest absolute Gasteiger partial charge is 0.381 e. The summed E-state index contributed by atoms with van der Waals surface area (Å²) in [7, 11) is -3.22. The Labute approximate surface area is 127 Å². The Balaban J connectivity index is 3.07. The van der Waals surface area contributed by atoms with Gasteiger partial charge >= 0.3 is 0 Å². The van der Waals surface area contributed by atoms with Crippen LogP contribution in [0.1, 0.15) is 33.6 Å². The van der Waals surface area contributed by atoms with Gasteiger partial charge < -0.3 is 5.32 Å². The maximum absolute atomic E-state index is 12.3. The number of nitrogens with one attached hydrogen (secondary N) is 1. The maximum atomic E-state index is 12.3. The zero-order valence-corrected chi connectivity index (χ0v) is 14.0. The van der Waals surface area contributed by atoms with Crippen molar-refractivity contribution < 1.29 is 8.42 Å². The molecule has 5 heteroatoms. The van der Waals surface area contributed by atoms with E-state index in [4.69, 9.17) is 11.6 Å². The van der Waals surface area contributed by atoms with Crippen molar-refractivity contribution in [1.82, 2.24) is 0 Å². The van der Waals surface area contributed by atoms with Gasteiger partial charge in [-0.3, -0.25) is 0 Å². The molecular weight excluding hydrogens is 294 g/mol. The van der Waals surface area contributed by atoms with Crippen LogP contribution in [0.25, 0.3) is 0 Å². The second kappa shape index (κ2) is 7.89. The molecule has 0 aromatic heterocycles. The zero-order valence-electron chi connectivity index (χ0n) is 12.4. The maximum Gasteiger partial charge on any atom is 0.180 e. The predicted molar refractivity (Wildman–Crippen MR) is 86.4 cm³/mol. The summed E-state index contributed by atoms with van der Waals surface area (Å²) in [6.45, 7) is 6.08. The van der Waals surface area contributed by atoms with Gasteiger partial charge in [-0.25, -0.2) is 8.42 Å². The molecule has 0 amide bonds. The van der Waals surface area contributed by atoms with E-state index in [0.29, 0.717) is 28.8 Å². The Morgan fingerprint density at radius 3 is 2.45 bits per heavy atom. The van der Waals surface area contributed by atoms with E-state index < -0.39 is 9.84 Å². The number of hydrogen-bond donors (Lipinski definition) is 1. The molecule has 1 aromatic carbocycles. The predicted octanol–water partition coefficient (Wildman–Crippen LogP) is 3.94. The molecule has 0 radical (unpaired) electrons. The molecule has 0 bridgehead atoms. The Bertz CT molecular complexity index is 514. The molecule has 0 fully saturated rings. The SMILES string of the molecule is CCCS(=O)(=O)c1ccccc1NC(CCCl)C(C)C. The fourth-order valence-electron chi connectivity index (χ4n) is 2.13. The minimum absolute atomic E-state index is 0.172. The summed E-state index contributed by atoms with van der Waals surface area (Å²) < 4.78 is 24.6. The summed E-state index contributed by atoms with van der Waals surface area (Å²) in [5, 5.41) is 3.35. The minimum atomic E-state index is -3.22. The molecule has 0 saturated carbocycles. The lowest BCUT2D eigenvalue weighted by atomic mass is 10.0. The Hall–Kier alpha value is -0.740. The van der Waals surface area contributed by atoms with Crippen LogP contribution in [-0.4, -0.2) is 26.1 Å². The van der Waals surface area contributed by atoms with Crippen LogP contribution in [0.4, 0.5) is 5.69 Å². The number of para-hydroxylation sites is 1. The van der Waals surface area contributed by atoms with Crippen LogP contribution in [-0.2, 0) is 9.84 Å². The minimum Gasteiger partial charge on any atom is -0.381 e. The molecule has 0 heterocycles. The summed E-state index contributed by atoms with van der Waals surface area (Å²) >= 11 is 5.83. The summed E-state index contributed by atoms with van der Waals surface area (Å²) in [6.07, 6.45) is 1.42. The van der Waals surface area contributed by atoms with Crippen LogP contribution < -0.4 is 5.32 Å². The molecule has 20 heavy (non-hydrogen) atoms. The number of benzene rings is 1. The smallest absolute Gasteiger partial charge is 0.180 e. The van der Waals surface area contributed by atoms with E-state index >= 15 is 0 Å². The van der Waals surface area contributed by atoms with Crippen LogP contribution >= 0.6 is 11.6 Å². The average molecular weight is 318 g/mol. The second-order valence-electron chi connectivity index (χ2n) is 5.29. The molecule has 1 aromatic rings. The van der Waals surface area contributed by atoms with E-state index in [1.807, 2.05) is 19.1 Å². The van der Waals surface area contributed by atoms with Gasteiger partial charge in [0, 0.05) is 11.9 Å². The molecule has 114 valence electrons. The topological polar surface area (TPSA) is 46.2 Å². The lowest BCUT2D eigenvalue weighted by molar-refractivity contribution is 0.512. The van der Waals surface area contributed by atoms with E-state index in [1.165, 1.54) is 0 Å². The Kier molecular flexibility index (Phi) is 6.83. The van der Waals surface area contributed by atoms with Crippen molar-refractivity contribution in [2.45, 2.75) is 44.6 Å². The third-order valence-electron chi connectivity index (χ3n) is 3.26. The molecule has 1 unspecified atom stereocenters. The van der Waals surface area contributed by atoms with Gasteiger partial charge in [0.05, 0.1) is 16.3 Å². The van der Waals surface area contributed by atoms with Crippen molar-refractivity contribution in [2.75, 3.05) is 16.9 Å². The normalized spacial score (nSPS) is 13.4. The van der Waals surface area contributed by atoms with Crippen molar-refractivity contribution in [1.29, 1.82) is 0 Å². The van der Waals surface area contributed by atoms with Crippen molar-refractivity contribution in [2.24, 2.45) is 5.92 Å². The molecule has 1 N–H and O–H groups in total. The summed E-state index contributed by atoms with van der Waals surface area (Å²) in [5.74, 6) is 1.11. The lowest BCUT2D eigenvalue weighted by Gasteiger charge is -2.24. The summed E-state index contributed by atoms with van der Waals surface area (Å²) in [6, 6.07) is 7.29. The van der Waals surface area contributed by atoms with Crippen LogP contribution in [0.15, 0.2) is 29.2 Å². The molecule has 1 rings (SSSR count). The number of rotatable bonds is 8. The van der Waals surface area contributed by atoms with Crippen molar-refractivity contribution in [3.05, 3.63) is 24.3 Å². The van der Waals surface area contributed by atoms with Crippen molar-refractivity contribution in [3.8, 4) is 0 Å². The van der Waals surface area contributed by atoms with E-state index in [9.17, 15) is 8.42 Å². The van der Waals surface area contributed by atoms with Crippen LogP contribution in [0.5, 0.6) is 0 Å². The van der Waals surface area contributed by atoms with Crippen molar-refractivity contribution >= 4 is 27.1 Å². The van der Waals surface area contributed by atoms with Gasteiger partial charge in [0.1, 0.15) is 0 Å². The average Bonchev–Trinajstić information content (AvgIpc) is 2.38. The molecule has 0 saturated heterocycles. The fourth-order valence-corrected chi connectivity index (χ4v) is 3.87. The quantitative estimate of drug-likeness (QED) is 0.739. The van der Waals surface area contributed by atoms with Gasteiger partial charge in [-0.1, -0.05) is 32.9 Å². The number of hydrogen-bond acceptors (Lipinski definition) is 3. The number of anilines is 1. The van der Waals surface area contributed by atoms with Gasteiger partial charge in [0.2, 0.25) is 0 Å². The molecule has 0 aliphatic heterocycles. The first-order chi connectivity index (χ1) is 9.42. The molecule has 1 atom stereocenters. The first-order valence-corrected chi connectivity index (χ1v) is 9.25. The highest BCUT2D eigenvalue weighted by Crippen LogP contribution is 2.25. The standard InChI is InChI=1S/C15H24ClNO2S/c1-4-11-20(18,19)15-8-6-5-7-14(15)17-13(9-10-16)12(2)3/h5-8,12-13,17H,4,9-11H2,1-3H3. The highest BCUT2D eigenvalue weighted by molar-refractivity contribution is 7.91.